The van der Waals surface area contributed by atoms with Crippen LogP contribution in [0.15, 0.2) is 42.7 Å². The summed E-state index contributed by atoms with van der Waals surface area (Å²) in [6, 6.07) is 9.60. The highest BCUT2D eigenvalue weighted by Crippen LogP contribution is 2.43. The number of alkyl halides is 1. The van der Waals surface area contributed by atoms with E-state index < -0.39 is 6.30 Å². The summed E-state index contributed by atoms with van der Waals surface area (Å²) in [7, 11) is 2.09. The molecule has 4 heterocycles. The topological polar surface area (TPSA) is 79.1 Å². The van der Waals surface area contributed by atoms with Crippen LogP contribution in [-0.2, 0) is 0 Å². The van der Waals surface area contributed by atoms with Gasteiger partial charge in [-0.15, -0.1) is 10.2 Å². The number of phenols is 1. The standard InChI is InChI=1S/C25H31FN6O/c1-16(26)32-15-18(14-27-32)17-5-6-20(22(33)11-17)21-7-8-23(29-28-21)31(4)19-12-24(2)9-10-25(3,13-19)30-24/h5-8,11,14-16,19,30,33H,9-10,12-13H2,1-4H3/t16?,19-,24-,25+. The number of phenolic OH excluding ortho intramolecular Hbond substituents is 1. The molecule has 0 saturated carbocycles. The van der Waals surface area contributed by atoms with Crippen LogP contribution in [0.3, 0.4) is 0 Å². The fraction of sp³-hybridized carbons (Fsp3) is 0.480. The molecule has 2 bridgehead atoms. The largest absolute Gasteiger partial charge is 0.507 e. The van der Waals surface area contributed by atoms with Crippen molar-refractivity contribution in [3.8, 4) is 28.1 Å². The normalized spacial score (nSPS) is 27.5. The fourth-order valence-corrected chi connectivity index (χ4v) is 5.55. The van der Waals surface area contributed by atoms with E-state index in [2.05, 4.69) is 46.4 Å². The van der Waals surface area contributed by atoms with Gasteiger partial charge in [0.25, 0.3) is 0 Å². The van der Waals surface area contributed by atoms with Gasteiger partial charge in [0.15, 0.2) is 12.1 Å². The number of anilines is 1. The molecule has 7 nitrogen and oxygen atoms in total. The molecular weight excluding hydrogens is 419 g/mol. The van der Waals surface area contributed by atoms with Gasteiger partial charge in [-0.3, -0.25) is 0 Å². The summed E-state index contributed by atoms with van der Waals surface area (Å²) in [4.78, 5) is 2.24. The van der Waals surface area contributed by atoms with Crippen LogP contribution in [-0.4, -0.2) is 49.3 Å². The van der Waals surface area contributed by atoms with Gasteiger partial charge in [-0.1, -0.05) is 6.07 Å². The summed E-state index contributed by atoms with van der Waals surface area (Å²) in [5, 5.41) is 27.4. The molecule has 174 valence electrons. The van der Waals surface area contributed by atoms with E-state index in [1.807, 2.05) is 18.2 Å². The molecule has 1 aromatic carbocycles. The second-order valence-electron chi connectivity index (χ2n) is 10.2. The predicted octanol–water partition coefficient (Wildman–Crippen LogP) is 4.70. The second kappa shape index (κ2) is 7.80. The number of benzene rings is 1. The third kappa shape index (κ3) is 4.08. The zero-order chi connectivity index (χ0) is 23.4. The van der Waals surface area contributed by atoms with Gasteiger partial charge in [0.05, 0.1) is 11.9 Å². The molecule has 4 atom stereocenters. The molecule has 3 aromatic rings. The van der Waals surface area contributed by atoms with Crippen molar-refractivity contribution in [2.24, 2.45) is 0 Å². The summed E-state index contributed by atoms with van der Waals surface area (Å²) in [5.41, 5.74) is 3.08. The lowest BCUT2D eigenvalue weighted by Gasteiger charge is -2.45. The Labute approximate surface area is 193 Å². The number of aromatic nitrogens is 4. The highest BCUT2D eigenvalue weighted by Gasteiger charge is 2.49. The average molecular weight is 451 g/mol. The Morgan fingerprint density at radius 1 is 1.12 bits per heavy atom. The maximum Gasteiger partial charge on any atom is 0.188 e. The van der Waals surface area contributed by atoms with Gasteiger partial charge in [0, 0.05) is 41.5 Å². The van der Waals surface area contributed by atoms with E-state index in [0.717, 1.165) is 29.8 Å². The van der Waals surface area contributed by atoms with Crippen molar-refractivity contribution in [3.05, 3.63) is 42.7 Å². The lowest BCUT2D eigenvalue weighted by molar-refractivity contribution is 0.207. The fourth-order valence-electron chi connectivity index (χ4n) is 5.55. The number of fused-ring (bicyclic) bond motifs is 2. The lowest BCUT2D eigenvalue weighted by atomic mass is 9.84. The molecular formula is C25H31FN6O. The number of aromatic hydroxyl groups is 1. The molecule has 0 spiro atoms. The van der Waals surface area contributed by atoms with E-state index >= 15 is 0 Å². The van der Waals surface area contributed by atoms with Crippen LogP contribution in [0.4, 0.5) is 10.2 Å². The van der Waals surface area contributed by atoms with E-state index in [1.54, 1.807) is 24.5 Å². The third-order valence-electron chi connectivity index (χ3n) is 7.34. The first-order valence-electron chi connectivity index (χ1n) is 11.5. The van der Waals surface area contributed by atoms with Crippen LogP contribution in [0.25, 0.3) is 22.4 Å². The average Bonchev–Trinajstić information content (AvgIpc) is 3.35. The predicted molar refractivity (Wildman–Crippen MR) is 127 cm³/mol. The zero-order valence-corrected chi connectivity index (χ0v) is 19.6. The summed E-state index contributed by atoms with van der Waals surface area (Å²) < 4.78 is 14.7. The van der Waals surface area contributed by atoms with Gasteiger partial charge < -0.3 is 15.3 Å². The monoisotopic (exact) mass is 450 g/mol. The molecule has 2 aliphatic heterocycles. The van der Waals surface area contributed by atoms with Crippen molar-refractivity contribution < 1.29 is 9.50 Å². The Morgan fingerprint density at radius 2 is 1.85 bits per heavy atom. The lowest BCUT2D eigenvalue weighted by Crippen LogP contribution is -2.58. The first-order chi connectivity index (χ1) is 15.6. The van der Waals surface area contributed by atoms with E-state index in [9.17, 15) is 9.50 Å². The molecule has 0 amide bonds. The zero-order valence-electron chi connectivity index (χ0n) is 19.6. The van der Waals surface area contributed by atoms with Gasteiger partial charge in [-0.2, -0.15) is 5.10 Å². The minimum atomic E-state index is -1.20. The van der Waals surface area contributed by atoms with Crippen LogP contribution in [0, 0.1) is 0 Å². The van der Waals surface area contributed by atoms with Gasteiger partial charge >= 0.3 is 0 Å². The van der Waals surface area contributed by atoms with Crippen molar-refractivity contribution in [3.63, 3.8) is 0 Å². The Hall–Kier alpha value is -3.00. The molecule has 1 unspecified atom stereocenters. The van der Waals surface area contributed by atoms with E-state index in [4.69, 9.17) is 0 Å². The van der Waals surface area contributed by atoms with E-state index in [1.165, 1.54) is 24.4 Å². The smallest absolute Gasteiger partial charge is 0.188 e. The first kappa shape index (κ1) is 21.8. The Morgan fingerprint density at radius 3 is 2.42 bits per heavy atom. The Bertz CT molecular complexity index is 1140. The molecule has 33 heavy (non-hydrogen) atoms. The summed E-state index contributed by atoms with van der Waals surface area (Å²) in [6.45, 7) is 6.07. The van der Waals surface area contributed by atoms with Crippen molar-refractivity contribution in [1.29, 1.82) is 0 Å². The molecule has 2 saturated heterocycles. The van der Waals surface area contributed by atoms with Crippen LogP contribution in [0.1, 0.15) is 52.8 Å². The minimum absolute atomic E-state index is 0.0970. The molecule has 2 N–H and O–H groups in total. The van der Waals surface area contributed by atoms with Crippen LogP contribution < -0.4 is 10.2 Å². The third-order valence-corrected chi connectivity index (χ3v) is 7.34. The molecule has 2 aliphatic rings. The molecule has 0 radical (unpaired) electrons. The quantitative estimate of drug-likeness (QED) is 0.587. The molecule has 0 aliphatic carbocycles. The molecule has 5 rings (SSSR count). The maximum absolute atomic E-state index is 13.4. The number of nitrogens with one attached hydrogen (secondary N) is 1. The van der Waals surface area contributed by atoms with Crippen molar-refractivity contribution >= 4 is 5.82 Å². The first-order valence-corrected chi connectivity index (χ1v) is 11.5. The van der Waals surface area contributed by atoms with Crippen LogP contribution in [0.5, 0.6) is 5.75 Å². The highest BCUT2D eigenvalue weighted by molar-refractivity contribution is 5.74. The molecule has 8 heteroatoms. The summed E-state index contributed by atoms with van der Waals surface area (Å²) >= 11 is 0. The number of hydrogen-bond acceptors (Lipinski definition) is 6. The summed E-state index contributed by atoms with van der Waals surface area (Å²) in [6.07, 6.45) is 6.60. The van der Waals surface area contributed by atoms with E-state index in [0.29, 0.717) is 17.3 Å². The van der Waals surface area contributed by atoms with Crippen LogP contribution >= 0.6 is 0 Å². The summed E-state index contributed by atoms with van der Waals surface area (Å²) in [5.74, 6) is 0.931. The van der Waals surface area contributed by atoms with Gasteiger partial charge in [0.1, 0.15) is 5.75 Å². The maximum atomic E-state index is 13.4. The number of piperidine rings is 1. The Kier molecular flexibility index (Phi) is 5.16. The van der Waals surface area contributed by atoms with Crippen molar-refractivity contribution in [2.45, 2.75) is 69.9 Å². The number of rotatable bonds is 5. The van der Waals surface area contributed by atoms with Crippen LogP contribution in [0.2, 0.25) is 0 Å². The number of hydrogen-bond donors (Lipinski definition) is 2. The minimum Gasteiger partial charge on any atom is -0.507 e. The van der Waals surface area contributed by atoms with Crippen molar-refractivity contribution in [2.75, 3.05) is 11.9 Å². The second-order valence-corrected chi connectivity index (χ2v) is 10.2. The number of halogens is 1. The highest BCUT2D eigenvalue weighted by atomic mass is 19.1. The van der Waals surface area contributed by atoms with Gasteiger partial charge in [0.2, 0.25) is 0 Å². The Balaban J connectivity index is 1.34. The van der Waals surface area contributed by atoms with E-state index in [-0.39, 0.29) is 16.8 Å². The molecule has 2 aromatic heterocycles. The number of nitrogens with zero attached hydrogens (tertiary/aromatic N) is 5. The van der Waals surface area contributed by atoms with Gasteiger partial charge in [-0.05, 0) is 76.3 Å². The van der Waals surface area contributed by atoms with Gasteiger partial charge in [-0.25, -0.2) is 9.07 Å². The van der Waals surface area contributed by atoms with Crippen molar-refractivity contribution in [1.82, 2.24) is 25.3 Å². The SMILES string of the molecule is CC(F)n1cc(-c2ccc(-c3ccc(N(C)[C@H]4C[C@]5(C)CC[C@](C)(C4)N5)nn3)c(O)c2)cn1. The molecule has 2 fully saturated rings.